The number of hydrogen-bond acceptors (Lipinski definition) is 10. The molecule has 0 aliphatic heterocycles. The predicted molar refractivity (Wildman–Crippen MR) is 128 cm³/mol. The minimum atomic E-state index is -3.57. The summed E-state index contributed by atoms with van der Waals surface area (Å²) in [5.74, 6) is 0.178. The molecule has 0 saturated heterocycles. The van der Waals surface area contributed by atoms with Crippen LogP contribution in [0.5, 0.6) is 0 Å². The molecule has 0 unspecified atom stereocenters. The van der Waals surface area contributed by atoms with E-state index >= 15 is 0 Å². The van der Waals surface area contributed by atoms with Crippen LogP contribution in [0, 0.1) is 13.8 Å². The second-order valence-electron chi connectivity index (χ2n) is 5.90. The average Bonchev–Trinajstić information content (AvgIpc) is 3.53. The lowest BCUT2D eigenvalue weighted by molar-refractivity contribution is 0.430. The molecule has 4 rings (SSSR count). The van der Waals surface area contributed by atoms with Crippen LogP contribution in [0.2, 0.25) is 0 Å². The molecule has 2 N–H and O–H groups in total. The number of nitrogens with zero attached hydrogens (tertiary/aromatic N) is 2. The lowest BCUT2D eigenvalue weighted by Gasteiger charge is -2.01. The third-order valence-corrected chi connectivity index (χ3v) is 10.9. The SMILES string of the molecule is Cc1noc(NS(=O)(=O)c2cccs2)c1Br.Cc1noc(NS(=O)(=O)c2cccs2)c1Br. The first-order chi connectivity index (χ1) is 15.0. The molecule has 0 radical (unpaired) electrons. The second-order valence-corrected chi connectivity index (χ2v) is 13.2. The van der Waals surface area contributed by atoms with Crippen molar-refractivity contribution in [2.45, 2.75) is 22.3 Å². The molecule has 16 heteroatoms. The number of hydrogen-bond donors (Lipinski definition) is 2. The van der Waals surface area contributed by atoms with Gasteiger partial charge >= 0.3 is 0 Å². The van der Waals surface area contributed by atoms with Gasteiger partial charge < -0.3 is 9.05 Å². The van der Waals surface area contributed by atoms with Crippen molar-refractivity contribution < 1.29 is 25.9 Å². The Morgan fingerprint density at radius 3 is 1.41 bits per heavy atom. The van der Waals surface area contributed by atoms with Gasteiger partial charge in [-0.2, -0.15) is 0 Å². The van der Waals surface area contributed by atoms with Crippen molar-refractivity contribution in [3.63, 3.8) is 0 Å². The molecule has 0 saturated carbocycles. The molecular formula is C16H14Br2N4O6S4. The molecule has 10 nitrogen and oxygen atoms in total. The second kappa shape index (κ2) is 10.0. The first-order valence-corrected chi connectivity index (χ1v) is 14.7. The van der Waals surface area contributed by atoms with Crippen LogP contribution in [-0.4, -0.2) is 27.1 Å². The number of aryl methyl sites for hydroxylation is 2. The number of halogens is 2. The summed E-state index contributed by atoms with van der Waals surface area (Å²) in [5, 5.41) is 10.7. The van der Waals surface area contributed by atoms with Crippen molar-refractivity contribution in [2.75, 3.05) is 9.44 Å². The fourth-order valence-electron chi connectivity index (χ4n) is 2.02. The van der Waals surface area contributed by atoms with Crippen molar-refractivity contribution in [3.05, 3.63) is 55.4 Å². The zero-order valence-corrected chi connectivity index (χ0v) is 22.6. The van der Waals surface area contributed by atoms with E-state index in [1.54, 1.807) is 36.7 Å². The van der Waals surface area contributed by atoms with Crippen LogP contribution in [-0.2, 0) is 20.0 Å². The van der Waals surface area contributed by atoms with Crippen LogP contribution >= 0.6 is 54.5 Å². The summed E-state index contributed by atoms with van der Waals surface area (Å²) < 4.78 is 63.1. The Kier molecular flexibility index (Phi) is 7.82. The third-order valence-electron chi connectivity index (χ3n) is 3.56. The molecule has 4 aromatic heterocycles. The van der Waals surface area contributed by atoms with Gasteiger partial charge in [0.1, 0.15) is 17.4 Å². The highest BCUT2D eigenvalue weighted by Gasteiger charge is 2.21. The highest BCUT2D eigenvalue weighted by Crippen LogP contribution is 2.29. The molecule has 4 aromatic rings. The van der Waals surface area contributed by atoms with Gasteiger partial charge in [-0.25, -0.2) is 26.3 Å². The van der Waals surface area contributed by atoms with Gasteiger partial charge in [0.2, 0.25) is 0 Å². The molecule has 172 valence electrons. The highest BCUT2D eigenvalue weighted by atomic mass is 79.9. The Morgan fingerprint density at radius 2 is 1.16 bits per heavy atom. The topological polar surface area (TPSA) is 144 Å². The highest BCUT2D eigenvalue weighted by molar-refractivity contribution is 9.11. The van der Waals surface area contributed by atoms with Crippen LogP contribution in [0.1, 0.15) is 11.4 Å². The normalized spacial score (nSPS) is 11.6. The Balaban J connectivity index is 0.000000181. The molecule has 0 bridgehead atoms. The molecule has 0 amide bonds. The summed E-state index contributed by atoms with van der Waals surface area (Å²) in [6.07, 6.45) is 0. The lowest BCUT2D eigenvalue weighted by Crippen LogP contribution is -2.11. The van der Waals surface area contributed by atoms with E-state index < -0.39 is 20.0 Å². The molecule has 4 heterocycles. The van der Waals surface area contributed by atoms with Crippen molar-refractivity contribution in [2.24, 2.45) is 0 Å². The van der Waals surface area contributed by atoms with E-state index in [-0.39, 0.29) is 20.2 Å². The maximum absolute atomic E-state index is 11.8. The van der Waals surface area contributed by atoms with Gasteiger partial charge in [-0.3, -0.25) is 0 Å². The number of thiophene rings is 2. The van der Waals surface area contributed by atoms with E-state index in [2.05, 4.69) is 51.6 Å². The van der Waals surface area contributed by atoms with Crippen LogP contribution in [0.15, 0.2) is 61.4 Å². The van der Waals surface area contributed by atoms with E-state index in [0.717, 1.165) is 22.7 Å². The quantitative estimate of drug-likeness (QED) is 0.291. The molecule has 32 heavy (non-hydrogen) atoms. The zero-order valence-electron chi connectivity index (χ0n) is 16.2. The van der Waals surface area contributed by atoms with Crippen LogP contribution < -0.4 is 9.44 Å². The predicted octanol–water partition coefficient (Wildman–Crippen LogP) is 5.22. The summed E-state index contributed by atoms with van der Waals surface area (Å²) in [7, 11) is -7.15. The van der Waals surface area contributed by atoms with Crippen molar-refractivity contribution in [3.8, 4) is 0 Å². The number of nitrogens with one attached hydrogen (secondary N) is 2. The number of anilines is 2. The van der Waals surface area contributed by atoms with E-state index in [0.29, 0.717) is 20.3 Å². The Bertz CT molecular complexity index is 1290. The fourth-order valence-corrected chi connectivity index (χ4v) is 6.75. The summed E-state index contributed by atoms with van der Waals surface area (Å²) in [6, 6.07) is 6.37. The lowest BCUT2D eigenvalue weighted by atomic mass is 10.5. The van der Waals surface area contributed by atoms with E-state index in [1.807, 2.05) is 0 Å². The molecular weight excluding hydrogens is 632 g/mol. The number of aromatic nitrogens is 2. The number of sulfonamides is 2. The summed E-state index contributed by atoms with van der Waals surface area (Å²) in [6.45, 7) is 3.41. The summed E-state index contributed by atoms with van der Waals surface area (Å²) in [5.41, 5.74) is 1.17. The zero-order chi connectivity index (χ0) is 23.5. The van der Waals surface area contributed by atoms with Gasteiger partial charge in [0.15, 0.2) is 0 Å². The standard InChI is InChI=1S/2C8H7BrN2O3S2/c2*1-5-7(9)8(14-10-5)11-16(12,13)6-3-2-4-15-6/h2*2-4,11H,1H3. The van der Waals surface area contributed by atoms with E-state index in [9.17, 15) is 16.8 Å². The minimum absolute atomic E-state index is 0.0888. The van der Waals surface area contributed by atoms with Gasteiger partial charge in [-0.05, 0) is 68.6 Å². The Labute approximate surface area is 208 Å². The molecule has 0 aliphatic carbocycles. The minimum Gasteiger partial charge on any atom is -0.336 e. The Hall–Kier alpha value is -1.72. The van der Waals surface area contributed by atoms with Gasteiger partial charge in [0, 0.05) is 0 Å². The first-order valence-electron chi connectivity index (χ1n) is 8.37. The van der Waals surface area contributed by atoms with Gasteiger partial charge in [-0.1, -0.05) is 22.4 Å². The maximum Gasteiger partial charge on any atom is 0.273 e. The maximum atomic E-state index is 11.8. The van der Waals surface area contributed by atoms with Crippen molar-refractivity contribution >= 4 is 86.3 Å². The van der Waals surface area contributed by atoms with Crippen molar-refractivity contribution in [1.29, 1.82) is 0 Å². The first kappa shape index (κ1) is 24.9. The fraction of sp³-hybridized carbons (Fsp3) is 0.125. The van der Waals surface area contributed by atoms with Crippen LogP contribution in [0.4, 0.5) is 11.8 Å². The molecule has 0 fully saturated rings. The molecule has 0 aromatic carbocycles. The van der Waals surface area contributed by atoms with Gasteiger partial charge in [0.05, 0.1) is 11.4 Å². The Morgan fingerprint density at radius 1 is 0.781 bits per heavy atom. The number of rotatable bonds is 6. The largest absolute Gasteiger partial charge is 0.336 e. The van der Waals surface area contributed by atoms with Crippen molar-refractivity contribution in [1.82, 2.24) is 10.3 Å². The van der Waals surface area contributed by atoms with E-state index in [1.165, 1.54) is 12.1 Å². The monoisotopic (exact) mass is 644 g/mol. The smallest absolute Gasteiger partial charge is 0.273 e. The average molecular weight is 646 g/mol. The molecule has 0 spiro atoms. The summed E-state index contributed by atoms with van der Waals surface area (Å²) >= 11 is 8.64. The van der Waals surface area contributed by atoms with E-state index in [4.69, 9.17) is 9.05 Å². The van der Waals surface area contributed by atoms with Gasteiger partial charge in [-0.15, -0.1) is 22.7 Å². The van der Waals surface area contributed by atoms with Crippen LogP contribution in [0.25, 0.3) is 0 Å². The van der Waals surface area contributed by atoms with Gasteiger partial charge in [0.25, 0.3) is 31.8 Å². The third kappa shape index (κ3) is 5.79. The molecule has 0 aliphatic rings. The summed E-state index contributed by atoms with van der Waals surface area (Å²) in [4.78, 5) is 0. The molecule has 0 atom stereocenters. The van der Waals surface area contributed by atoms with Crippen LogP contribution in [0.3, 0.4) is 0 Å².